The van der Waals surface area contributed by atoms with Crippen LogP contribution in [0.4, 0.5) is 0 Å². The number of ether oxygens (including phenoxy) is 1. The summed E-state index contributed by atoms with van der Waals surface area (Å²) < 4.78 is 5.62. The van der Waals surface area contributed by atoms with Crippen molar-refractivity contribution in [1.82, 2.24) is 5.32 Å². The summed E-state index contributed by atoms with van der Waals surface area (Å²) in [5.41, 5.74) is 1.76. The van der Waals surface area contributed by atoms with E-state index < -0.39 is 6.10 Å². The topological polar surface area (TPSA) is 58.6 Å². The Balaban J connectivity index is 1.76. The molecule has 1 unspecified atom stereocenters. The van der Waals surface area contributed by atoms with E-state index in [0.29, 0.717) is 18.9 Å². The van der Waals surface area contributed by atoms with Crippen LogP contribution in [0.1, 0.15) is 31.1 Å². The Labute approximate surface area is 141 Å². The van der Waals surface area contributed by atoms with Crippen molar-refractivity contribution in [3.8, 4) is 5.75 Å². The molecule has 1 atom stereocenters. The first-order chi connectivity index (χ1) is 11.0. The molecule has 1 amide bonds. The molecule has 124 valence electrons. The summed E-state index contributed by atoms with van der Waals surface area (Å²) >= 11 is 1.53. The van der Waals surface area contributed by atoms with Crippen LogP contribution in [0.3, 0.4) is 0 Å². The minimum Gasteiger partial charge on any atom is -0.493 e. The molecule has 0 bridgehead atoms. The number of hydrogen-bond donors (Lipinski definition) is 2. The number of hydrogen-bond acceptors (Lipinski definition) is 4. The normalized spacial score (nSPS) is 12.2. The van der Waals surface area contributed by atoms with Gasteiger partial charge in [0, 0.05) is 6.54 Å². The molecular weight excluding hydrogens is 310 g/mol. The molecular formula is C18H23NO3S. The predicted octanol–water partition coefficient (Wildman–Crippen LogP) is 3.18. The Morgan fingerprint density at radius 2 is 2.00 bits per heavy atom. The van der Waals surface area contributed by atoms with Crippen molar-refractivity contribution in [3.63, 3.8) is 0 Å². The van der Waals surface area contributed by atoms with E-state index in [9.17, 15) is 9.90 Å². The van der Waals surface area contributed by atoms with Gasteiger partial charge in [-0.2, -0.15) is 11.3 Å². The molecule has 0 aliphatic rings. The van der Waals surface area contributed by atoms with Gasteiger partial charge >= 0.3 is 0 Å². The monoisotopic (exact) mass is 333 g/mol. The fourth-order valence-electron chi connectivity index (χ4n) is 2.01. The van der Waals surface area contributed by atoms with Crippen LogP contribution in [0.25, 0.3) is 0 Å². The zero-order chi connectivity index (χ0) is 16.7. The van der Waals surface area contributed by atoms with Crippen molar-refractivity contribution in [3.05, 3.63) is 52.2 Å². The number of thiophene rings is 1. The maximum atomic E-state index is 11.9. The Morgan fingerprint density at radius 3 is 2.61 bits per heavy atom. The SMILES string of the molecule is CC(C)COc1ccc(CC(=O)NCC(O)c2ccsc2)cc1. The lowest BCUT2D eigenvalue weighted by Gasteiger charge is -2.11. The average molecular weight is 333 g/mol. The molecule has 5 heteroatoms. The summed E-state index contributed by atoms with van der Waals surface area (Å²) in [6.07, 6.45) is -0.363. The number of carbonyl (C=O) groups is 1. The van der Waals surface area contributed by atoms with Crippen molar-refractivity contribution in [2.45, 2.75) is 26.4 Å². The summed E-state index contributed by atoms with van der Waals surface area (Å²) in [7, 11) is 0. The number of nitrogens with one attached hydrogen (secondary N) is 1. The fraction of sp³-hybridized carbons (Fsp3) is 0.389. The lowest BCUT2D eigenvalue weighted by atomic mass is 10.1. The van der Waals surface area contributed by atoms with Crippen molar-refractivity contribution in [2.75, 3.05) is 13.2 Å². The first kappa shape index (κ1) is 17.5. The highest BCUT2D eigenvalue weighted by Crippen LogP contribution is 2.16. The molecule has 1 aromatic carbocycles. The summed E-state index contributed by atoms with van der Waals surface area (Å²) in [5.74, 6) is 1.20. The molecule has 2 N–H and O–H groups in total. The van der Waals surface area contributed by atoms with E-state index in [1.54, 1.807) is 0 Å². The molecule has 0 radical (unpaired) electrons. The lowest BCUT2D eigenvalue weighted by Crippen LogP contribution is -2.29. The number of aliphatic hydroxyl groups is 1. The fourth-order valence-corrected chi connectivity index (χ4v) is 2.71. The van der Waals surface area contributed by atoms with Gasteiger partial charge in [0.05, 0.1) is 19.1 Å². The lowest BCUT2D eigenvalue weighted by molar-refractivity contribution is -0.120. The van der Waals surface area contributed by atoms with Crippen molar-refractivity contribution in [2.24, 2.45) is 5.92 Å². The molecule has 2 aromatic rings. The molecule has 0 aliphatic carbocycles. The van der Waals surface area contributed by atoms with E-state index in [-0.39, 0.29) is 12.5 Å². The van der Waals surface area contributed by atoms with Crippen LogP contribution >= 0.6 is 11.3 Å². The highest BCUT2D eigenvalue weighted by molar-refractivity contribution is 7.07. The minimum absolute atomic E-state index is 0.102. The third-order valence-corrected chi connectivity index (χ3v) is 3.99. The summed E-state index contributed by atoms with van der Waals surface area (Å²) in [6.45, 7) is 5.11. The van der Waals surface area contributed by atoms with Gasteiger partial charge in [0.1, 0.15) is 5.75 Å². The van der Waals surface area contributed by atoms with E-state index in [1.807, 2.05) is 41.1 Å². The summed E-state index contributed by atoms with van der Waals surface area (Å²) in [5, 5.41) is 16.5. The van der Waals surface area contributed by atoms with E-state index in [0.717, 1.165) is 16.9 Å². The maximum Gasteiger partial charge on any atom is 0.224 e. The zero-order valence-electron chi connectivity index (χ0n) is 13.5. The third-order valence-electron chi connectivity index (χ3n) is 3.29. The largest absolute Gasteiger partial charge is 0.493 e. The number of aliphatic hydroxyl groups excluding tert-OH is 1. The minimum atomic E-state index is -0.656. The van der Waals surface area contributed by atoms with Crippen molar-refractivity contribution in [1.29, 1.82) is 0 Å². The van der Waals surface area contributed by atoms with Gasteiger partial charge in [-0.25, -0.2) is 0 Å². The van der Waals surface area contributed by atoms with E-state index in [2.05, 4.69) is 19.2 Å². The smallest absolute Gasteiger partial charge is 0.224 e. The first-order valence-corrected chi connectivity index (χ1v) is 8.67. The molecule has 1 aromatic heterocycles. The number of rotatable bonds is 8. The number of benzene rings is 1. The van der Waals surface area contributed by atoms with Crippen LogP contribution in [0.5, 0.6) is 5.75 Å². The second kappa shape index (κ2) is 8.70. The molecule has 0 saturated carbocycles. The highest BCUT2D eigenvalue weighted by atomic mass is 32.1. The average Bonchev–Trinajstić information content (AvgIpc) is 3.06. The molecule has 4 nitrogen and oxygen atoms in total. The quantitative estimate of drug-likeness (QED) is 0.780. The van der Waals surface area contributed by atoms with Gasteiger partial charge in [-0.3, -0.25) is 4.79 Å². The van der Waals surface area contributed by atoms with E-state index in [1.165, 1.54) is 11.3 Å². The Bertz CT molecular complexity index is 593. The van der Waals surface area contributed by atoms with E-state index in [4.69, 9.17) is 4.74 Å². The molecule has 0 spiro atoms. The third kappa shape index (κ3) is 6.04. The van der Waals surface area contributed by atoms with Gasteiger partial charge in [0.2, 0.25) is 5.91 Å². The van der Waals surface area contributed by atoms with Crippen molar-refractivity contribution < 1.29 is 14.6 Å². The zero-order valence-corrected chi connectivity index (χ0v) is 14.3. The van der Waals surface area contributed by atoms with Gasteiger partial charge in [0.25, 0.3) is 0 Å². The van der Waals surface area contributed by atoms with Crippen LogP contribution in [0.2, 0.25) is 0 Å². The molecule has 0 saturated heterocycles. The Kier molecular flexibility index (Phi) is 6.62. The van der Waals surface area contributed by atoms with Crippen LogP contribution in [0.15, 0.2) is 41.1 Å². The van der Waals surface area contributed by atoms with Gasteiger partial charge < -0.3 is 15.2 Å². The van der Waals surface area contributed by atoms with Crippen LogP contribution in [-0.4, -0.2) is 24.2 Å². The van der Waals surface area contributed by atoms with Gasteiger partial charge in [-0.15, -0.1) is 0 Å². The molecule has 23 heavy (non-hydrogen) atoms. The maximum absolute atomic E-state index is 11.9. The molecule has 0 fully saturated rings. The second-order valence-corrected chi connectivity index (χ2v) is 6.68. The standard InChI is InChI=1S/C18H23NO3S/c1-13(2)11-22-16-5-3-14(4-6-16)9-18(21)19-10-17(20)15-7-8-23-12-15/h3-8,12-13,17,20H,9-11H2,1-2H3,(H,19,21). The van der Waals surface area contributed by atoms with Crippen LogP contribution < -0.4 is 10.1 Å². The number of amides is 1. The highest BCUT2D eigenvalue weighted by Gasteiger charge is 2.10. The van der Waals surface area contributed by atoms with Crippen LogP contribution in [-0.2, 0) is 11.2 Å². The Hall–Kier alpha value is -1.85. The Morgan fingerprint density at radius 1 is 1.26 bits per heavy atom. The second-order valence-electron chi connectivity index (χ2n) is 5.90. The summed E-state index contributed by atoms with van der Waals surface area (Å²) in [4.78, 5) is 11.9. The van der Waals surface area contributed by atoms with Crippen molar-refractivity contribution >= 4 is 17.2 Å². The molecule has 1 heterocycles. The number of carbonyl (C=O) groups excluding carboxylic acids is 1. The predicted molar refractivity (Wildman–Crippen MR) is 92.8 cm³/mol. The first-order valence-electron chi connectivity index (χ1n) is 7.73. The van der Waals surface area contributed by atoms with E-state index >= 15 is 0 Å². The molecule has 0 aliphatic heterocycles. The summed E-state index contributed by atoms with van der Waals surface area (Å²) in [6, 6.07) is 9.41. The van der Waals surface area contributed by atoms with Gasteiger partial charge in [0.15, 0.2) is 0 Å². The van der Waals surface area contributed by atoms with Crippen LogP contribution in [0, 0.1) is 5.92 Å². The molecule has 2 rings (SSSR count). The van der Waals surface area contributed by atoms with Gasteiger partial charge in [-0.05, 0) is 46.0 Å². The van der Waals surface area contributed by atoms with Gasteiger partial charge in [-0.1, -0.05) is 26.0 Å².